The lowest BCUT2D eigenvalue weighted by Gasteiger charge is -2.30. The number of esters is 2. The highest BCUT2D eigenvalue weighted by atomic mass is 19.3. The molecule has 0 saturated carbocycles. The van der Waals surface area contributed by atoms with Crippen LogP contribution >= 0.6 is 0 Å². The Balaban J connectivity index is 1.28. The number of carbonyl (C=O) groups excluding carboxylic acids is 4. The van der Waals surface area contributed by atoms with Gasteiger partial charge in [0.25, 0.3) is 0 Å². The van der Waals surface area contributed by atoms with Crippen molar-refractivity contribution in [3.05, 3.63) is 143 Å². The van der Waals surface area contributed by atoms with Crippen LogP contribution in [0.1, 0.15) is 49.7 Å². The zero-order valence-corrected chi connectivity index (χ0v) is 35.7. The number of ether oxygens (including phenoxy) is 6. The van der Waals surface area contributed by atoms with Crippen LogP contribution in [0.25, 0.3) is 12.2 Å². The Morgan fingerprint density at radius 1 is 0.594 bits per heavy atom. The van der Waals surface area contributed by atoms with Gasteiger partial charge in [0.2, 0.25) is 11.6 Å². The van der Waals surface area contributed by atoms with E-state index in [4.69, 9.17) is 30.4 Å². The molecule has 0 amide bonds. The molecular weight excluding hydrogens is 937 g/mol. The number of alkyl halides is 8. The molecule has 5 rings (SSSR count). The second-order valence-corrected chi connectivity index (χ2v) is 14.4. The van der Waals surface area contributed by atoms with E-state index in [9.17, 15) is 64.5 Å². The summed E-state index contributed by atoms with van der Waals surface area (Å²) in [4.78, 5) is 52.5. The summed E-state index contributed by atoms with van der Waals surface area (Å²) in [6.07, 6.45) is -14.1. The summed E-state index contributed by atoms with van der Waals surface area (Å²) in [6, 6.07) is 19.3. The fourth-order valence-corrected chi connectivity index (χ4v) is 6.09. The number of anilines is 2. The molecule has 1 atom stereocenters. The number of halogens is 8. The van der Waals surface area contributed by atoms with Crippen LogP contribution in [0.2, 0.25) is 0 Å². The molecule has 364 valence electrons. The SMILES string of the molecule is COc1cc(C=CC(=O)CC(c2ccc(N)cc2N)C(O)(O)C(=O)C=Cc2ccc(OC(=O)c3ccc(OC(F)(F)C(F)F)cc3)c(OC)c2)ccc1OC(=O)c1ccc(OC(F)(F)C(F)F)cc1. The molecule has 0 fully saturated rings. The molecule has 6 N–H and O–H groups in total. The molecule has 5 aromatic carbocycles. The van der Waals surface area contributed by atoms with E-state index >= 15 is 0 Å². The number of ketones is 2. The Hall–Kier alpha value is -7.98. The van der Waals surface area contributed by atoms with Gasteiger partial charge in [0.15, 0.2) is 28.8 Å². The lowest BCUT2D eigenvalue weighted by Crippen LogP contribution is -2.44. The first-order valence-electron chi connectivity index (χ1n) is 19.7. The number of hydrogen-bond donors (Lipinski definition) is 4. The molecule has 14 nitrogen and oxygen atoms in total. The Labute approximate surface area is 385 Å². The normalized spacial score (nSPS) is 12.6. The predicted octanol–water partition coefficient (Wildman–Crippen LogP) is 8.50. The minimum Gasteiger partial charge on any atom is -0.493 e. The quantitative estimate of drug-likeness (QED) is 0.0136. The maximum absolute atomic E-state index is 13.5. The topological polar surface area (TPSA) is 216 Å². The van der Waals surface area contributed by atoms with E-state index in [1.807, 2.05) is 0 Å². The van der Waals surface area contributed by atoms with Gasteiger partial charge < -0.3 is 50.1 Å². The van der Waals surface area contributed by atoms with Crippen molar-refractivity contribution in [1.29, 1.82) is 0 Å². The first-order chi connectivity index (χ1) is 32.4. The number of methoxy groups -OCH3 is 2. The minimum absolute atomic E-state index is 0.0131. The molecule has 0 aliphatic carbocycles. The van der Waals surface area contributed by atoms with Crippen molar-refractivity contribution in [2.45, 2.75) is 43.2 Å². The lowest BCUT2D eigenvalue weighted by atomic mass is 9.82. The van der Waals surface area contributed by atoms with E-state index in [0.717, 1.165) is 66.8 Å². The van der Waals surface area contributed by atoms with Gasteiger partial charge in [0, 0.05) is 17.8 Å². The second kappa shape index (κ2) is 21.8. The molecular formula is C47H38F8N2O12. The average Bonchev–Trinajstić information content (AvgIpc) is 3.30. The van der Waals surface area contributed by atoms with Crippen LogP contribution in [0.15, 0.2) is 115 Å². The molecule has 0 saturated heterocycles. The van der Waals surface area contributed by atoms with Gasteiger partial charge in [0.05, 0.1) is 31.3 Å². The zero-order chi connectivity index (χ0) is 50.8. The first-order valence-corrected chi connectivity index (χ1v) is 19.7. The summed E-state index contributed by atoms with van der Waals surface area (Å²) in [5.74, 6) is -10.6. The number of carbonyl (C=O) groups is 4. The molecule has 0 radical (unpaired) electrons. The van der Waals surface area contributed by atoms with Crippen molar-refractivity contribution < 1.29 is 92.9 Å². The van der Waals surface area contributed by atoms with Gasteiger partial charge in [-0.15, -0.1) is 0 Å². The van der Waals surface area contributed by atoms with Crippen LogP contribution in [0.3, 0.4) is 0 Å². The number of allylic oxidation sites excluding steroid dienone is 1. The highest BCUT2D eigenvalue weighted by Crippen LogP contribution is 2.37. The van der Waals surface area contributed by atoms with Crippen molar-refractivity contribution in [2.24, 2.45) is 0 Å². The number of rotatable bonds is 21. The fraction of sp³-hybridized carbons (Fsp3) is 0.191. The standard InChI is InChI=1S/C47H38F8N2O12/c1-64-38-21-25(4-18-36(38)66-41(60)27-7-13-31(14-8-27)68-46(52,53)43(48)49)3-12-30(58)24-34(33-17-11-29(56)23-35(33)57)45(62,63)40(59)20-6-26-5-19-37(39(22-26)65-2)67-42(61)28-9-15-32(16-10-28)69-47(54,55)44(50)51/h3-23,34,43-44,62-63H,24,56-57H2,1-2H3. The Bertz CT molecular complexity index is 2730. The van der Waals surface area contributed by atoms with Crippen molar-refractivity contribution in [3.8, 4) is 34.5 Å². The van der Waals surface area contributed by atoms with Gasteiger partial charge in [-0.05, 0) is 114 Å². The first kappa shape index (κ1) is 52.0. The third-order valence-electron chi connectivity index (χ3n) is 9.61. The average molecular weight is 975 g/mol. The van der Waals surface area contributed by atoms with E-state index in [1.165, 1.54) is 74.9 Å². The fourth-order valence-electron chi connectivity index (χ4n) is 6.09. The molecule has 22 heteroatoms. The van der Waals surface area contributed by atoms with Crippen LogP contribution in [0, 0.1) is 0 Å². The molecule has 69 heavy (non-hydrogen) atoms. The number of nitrogens with two attached hydrogens (primary N) is 2. The maximum Gasteiger partial charge on any atom is 0.461 e. The summed E-state index contributed by atoms with van der Waals surface area (Å²) in [7, 11) is 2.45. The number of aliphatic hydroxyl groups is 2. The van der Waals surface area contributed by atoms with Crippen molar-refractivity contribution in [3.63, 3.8) is 0 Å². The summed E-state index contributed by atoms with van der Waals surface area (Å²) in [5, 5.41) is 22.8. The number of hydrogen-bond acceptors (Lipinski definition) is 14. The second-order valence-electron chi connectivity index (χ2n) is 14.4. The summed E-state index contributed by atoms with van der Waals surface area (Å²) >= 11 is 0. The number of benzene rings is 5. The van der Waals surface area contributed by atoms with Gasteiger partial charge in [-0.25, -0.2) is 9.59 Å². The van der Waals surface area contributed by atoms with E-state index in [-0.39, 0.29) is 56.6 Å². The molecule has 0 bridgehead atoms. The molecule has 0 spiro atoms. The van der Waals surface area contributed by atoms with Crippen molar-refractivity contribution >= 4 is 47.0 Å². The van der Waals surface area contributed by atoms with Crippen molar-refractivity contribution in [2.75, 3.05) is 25.7 Å². The van der Waals surface area contributed by atoms with Gasteiger partial charge in [-0.1, -0.05) is 30.4 Å². The Kier molecular flexibility index (Phi) is 16.4. The summed E-state index contributed by atoms with van der Waals surface area (Å²) in [6.45, 7) is 0. The van der Waals surface area contributed by atoms with Crippen molar-refractivity contribution in [1.82, 2.24) is 0 Å². The highest BCUT2D eigenvalue weighted by Gasteiger charge is 2.45. The van der Waals surface area contributed by atoms with E-state index in [2.05, 4.69) is 9.47 Å². The third kappa shape index (κ3) is 13.4. The number of nitrogen functional groups attached to an aromatic ring is 2. The molecule has 0 aliphatic heterocycles. The van der Waals surface area contributed by atoms with Gasteiger partial charge in [-0.2, -0.15) is 35.1 Å². The zero-order valence-electron chi connectivity index (χ0n) is 35.7. The van der Waals surface area contributed by atoms with E-state index < -0.39 is 78.2 Å². The maximum atomic E-state index is 13.5. The molecule has 0 heterocycles. The third-order valence-corrected chi connectivity index (χ3v) is 9.61. The monoisotopic (exact) mass is 974 g/mol. The highest BCUT2D eigenvalue weighted by molar-refractivity contribution is 6.01. The van der Waals surface area contributed by atoms with E-state index in [0.29, 0.717) is 5.56 Å². The van der Waals surface area contributed by atoms with Gasteiger partial charge in [-0.3, -0.25) is 9.59 Å². The lowest BCUT2D eigenvalue weighted by molar-refractivity contribution is -0.253. The smallest absolute Gasteiger partial charge is 0.461 e. The minimum atomic E-state index is -4.77. The van der Waals surface area contributed by atoms with Gasteiger partial charge in [0.1, 0.15) is 11.5 Å². The Morgan fingerprint density at radius 2 is 1.03 bits per heavy atom. The predicted molar refractivity (Wildman–Crippen MR) is 230 cm³/mol. The van der Waals surface area contributed by atoms with Crippen LogP contribution < -0.4 is 39.9 Å². The van der Waals surface area contributed by atoms with Crippen LogP contribution in [-0.2, 0) is 9.59 Å². The molecule has 0 aromatic heterocycles. The summed E-state index contributed by atoms with van der Waals surface area (Å²) < 4.78 is 132. The summed E-state index contributed by atoms with van der Waals surface area (Å²) in [5.41, 5.74) is 12.2. The van der Waals surface area contributed by atoms with E-state index in [1.54, 1.807) is 0 Å². The molecule has 0 aliphatic rings. The Morgan fingerprint density at radius 3 is 1.43 bits per heavy atom. The largest absolute Gasteiger partial charge is 0.493 e. The van der Waals surface area contributed by atoms with Crippen LogP contribution in [0.4, 0.5) is 46.5 Å². The molecule has 1 unspecified atom stereocenters. The molecule has 5 aromatic rings. The van der Waals surface area contributed by atoms with Crippen LogP contribution in [0.5, 0.6) is 34.5 Å². The van der Waals surface area contributed by atoms with Gasteiger partial charge >= 0.3 is 37.0 Å². The van der Waals surface area contributed by atoms with Crippen LogP contribution in [-0.4, -0.2) is 78.8 Å².